The first-order valence-corrected chi connectivity index (χ1v) is 9.77. The maximum Gasteiger partial charge on any atom is 0.261 e. The van der Waals surface area contributed by atoms with Gasteiger partial charge in [0.25, 0.3) is 8.32 Å². The third-order valence-corrected chi connectivity index (χ3v) is 9.01. The van der Waals surface area contributed by atoms with E-state index in [0.29, 0.717) is 12.5 Å². The minimum Gasteiger partial charge on any atom is -0.406 e. The van der Waals surface area contributed by atoms with Crippen molar-refractivity contribution in [3.8, 4) is 0 Å². The molecule has 0 atom stereocenters. The fraction of sp³-hybridized carbons (Fsp3) is 0.333. The third kappa shape index (κ3) is 3.23. The van der Waals surface area contributed by atoms with Gasteiger partial charge < -0.3 is 4.43 Å². The molecule has 0 unspecified atom stereocenters. The van der Waals surface area contributed by atoms with Crippen LogP contribution >= 0.6 is 11.6 Å². The molecule has 0 radical (unpaired) electrons. The van der Waals surface area contributed by atoms with E-state index in [9.17, 15) is 0 Å². The largest absolute Gasteiger partial charge is 0.406 e. The van der Waals surface area contributed by atoms with Crippen LogP contribution in [0.5, 0.6) is 0 Å². The molecule has 2 aromatic rings. The van der Waals surface area contributed by atoms with Gasteiger partial charge in [-0.3, -0.25) is 0 Å². The van der Waals surface area contributed by atoms with Crippen molar-refractivity contribution in [2.75, 3.05) is 12.5 Å². The molecular formula is C18H23ClOSi. The van der Waals surface area contributed by atoms with Gasteiger partial charge >= 0.3 is 0 Å². The highest BCUT2D eigenvalue weighted by atomic mass is 35.5. The minimum atomic E-state index is -2.35. The Hall–Kier alpha value is -1.09. The highest BCUT2D eigenvalue weighted by Gasteiger charge is 2.49. The van der Waals surface area contributed by atoms with Crippen LogP contribution in [0.1, 0.15) is 20.8 Å². The van der Waals surface area contributed by atoms with Gasteiger partial charge in [0, 0.05) is 12.5 Å². The van der Waals surface area contributed by atoms with Crippen LogP contribution in [0.4, 0.5) is 0 Å². The number of hydrogen-bond acceptors (Lipinski definition) is 1. The van der Waals surface area contributed by atoms with Crippen molar-refractivity contribution in [3.05, 3.63) is 60.7 Å². The second-order valence-corrected chi connectivity index (χ2v) is 10.9. The summed E-state index contributed by atoms with van der Waals surface area (Å²) in [5, 5.41) is 2.63. The quantitative estimate of drug-likeness (QED) is 0.602. The molecule has 2 aromatic carbocycles. The Balaban J connectivity index is 2.66. The summed E-state index contributed by atoms with van der Waals surface area (Å²) in [5.74, 6) is 0.518. The summed E-state index contributed by atoms with van der Waals surface area (Å²) < 4.78 is 6.52. The molecule has 0 aliphatic carbocycles. The molecule has 0 bridgehead atoms. The zero-order valence-electron chi connectivity index (χ0n) is 13.0. The molecule has 0 saturated heterocycles. The lowest BCUT2D eigenvalue weighted by Gasteiger charge is -2.42. The van der Waals surface area contributed by atoms with Crippen LogP contribution in [0.15, 0.2) is 60.7 Å². The minimum absolute atomic E-state index is 0.0295. The molecule has 0 aliphatic rings. The Morgan fingerprint density at radius 2 is 1.29 bits per heavy atom. The summed E-state index contributed by atoms with van der Waals surface area (Å²) in [6.45, 7) is 7.39. The fourth-order valence-electron chi connectivity index (χ4n) is 2.95. The average molecular weight is 319 g/mol. The second-order valence-electron chi connectivity index (χ2n) is 6.20. The molecule has 3 heteroatoms. The summed E-state index contributed by atoms with van der Waals surface area (Å²) in [7, 11) is -2.35. The summed E-state index contributed by atoms with van der Waals surface area (Å²) in [6, 6.07) is 21.3. The maximum absolute atomic E-state index is 6.52. The Kier molecular flexibility index (Phi) is 5.25. The molecule has 2 rings (SSSR count). The van der Waals surface area contributed by atoms with Gasteiger partial charge in [0.05, 0.1) is 0 Å². The molecule has 0 aromatic heterocycles. The van der Waals surface area contributed by atoms with Crippen molar-refractivity contribution < 1.29 is 4.43 Å². The van der Waals surface area contributed by atoms with E-state index in [1.807, 2.05) is 0 Å². The standard InChI is InChI=1S/C18H23ClOSi/c1-18(2,3)21(20-15-14-19,16-10-6-4-7-11-16)17-12-8-5-9-13-17/h4-13H,14-15H2,1-3H3. The Labute approximate surface area is 134 Å². The van der Waals surface area contributed by atoms with Gasteiger partial charge in [-0.15, -0.1) is 11.6 Å². The molecule has 0 amide bonds. The molecule has 0 fully saturated rings. The predicted octanol–water partition coefficient (Wildman–Crippen LogP) is 3.80. The zero-order valence-corrected chi connectivity index (χ0v) is 14.7. The normalized spacial score (nSPS) is 12.4. The maximum atomic E-state index is 6.52. The van der Waals surface area contributed by atoms with Gasteiger partial charge in [-0.1, -0.05) is 81.4 Å². The van der Waals surface area contributed by atoms with Crippen LogP contribution in [0.25, 0.3) is 0 Å². The fourth-order valence-corrected chi connectivity index (χ4v) is 7.72. The molecule has 0 heterocycles. The SMILES string of the molecule is CC(C)(C)[Si](OCCCl)(c1ccccc1)c1ccccc1. The lowest BCUT2D eigenvalue weighted by Crippen LogP contribution is -2.66. The summed E-state index contributed by atoms with van der Waals surface area (Å²) in [4.78, 5) is 0. The van der Waals surface area contributed by atoms with Crippen LogP contribution in [-0.2, 0) is 4.43 Å². The first kappa shape index (κ1) is 16.3. The molecule has 21 heavy (non-hydrogen) atoms. The van der Waals surface area contributed by atoms with Crippen LogP contribution < -0.4 is 10.4 Å². The van der Waals surface area contributed by atoms with Crippen molar-refractivity contribution in [1.82, 2.24) is 0 Å². The monoisotopic (exact) mass is 318 g/mol. The number of halogens is 1. The van der Waals surface area contributed by atoms with Gasteiger partial charge in [-0.2, -0.15) is 0 Å². The molecule has 0 saturated carbocycles. The summed E-state index contributed by atoms with van der Waals surface area (Å²) in [6.07, 6.45) is 0. The van der Waals surface area contributed by atoms with E-state index in [2.05, 4.69) is 81.4 Å². The van der Waals surface area contributed by atoms with Crippen LogP contribution in [0.3, 0.4) is 0 Å². The van der Waals surface area contributed by atoms with E-state index in [0.717, 1.165) is 0 Å². The van der Waals surface area contributed by atoms with Crippen molar-refractivity contribution >= 4 is 30.3 Å². The van der Waals surface area contributed by atoms with E-state index < -0.39 is 8.32 Å². The van der Waals surface area contributed by atoms with E-state index >= 15 is 0 Å². The number of rotatable bonds is 5. The molecule has 112 valence electrons. The third-order valence-electron chi connectivity index (χ3n) is 3.81. The first-order valence-electron chi connectivity index (χ1n) is 7.33. The Morgan fingerprint density at radius 3 is 1.62 bits per heavy atom. The summed E-state index contributed by atoms with van der Waals surface area (Å²) in [5.41, 5.74) is 0. The summed E-state index contributed by atoms with van der Waals surface area (Å²) >= 11 is 5.93. The molecule has 0 spiro atoms. The van der Waals surface area contributed by atoms with E-state index in [1.165, 1.54) is 10.4 Å². The van der Waals surface area contributed by atoms with Crippen LogP contribution in [0, 0.1) is 0 Å². The number of hydrogen-bond donors (Lipinski definition) is 0. The number of benzene rings is 2. The molecule has 1 nitrogen and oxygen atoms in total. The number of alkyl halides is 1. The van der Waals surface area contributed by atoms with Gasteiger partial charge in [0.15, 0.2) is 0 Å². The average Bonchev–Trinajstić information content (AvgIpc) is 2.49. The van der Waals surface area contributed by atoms with Gasteiger partial charge in [0.2, 0.25) is 0 Å². The van der Waals surface area contributed by atoms with Gasteiger partial charge in [-0.05, 0) is 15.4 Å². The zero-order chi connectivity index (χ0) is 15.3. The highest BCUT2D eigenvalue weighted by Crippen LogP contribution is 2.36. The second kappa shape index (κ2) is 6.78. The van der Waals surface area contributed by atoms with Crippen molar-refractivity contribution in [3.63, 3.8) is 0 Å². The van der Waals surface area contributed by atoms with Crippen LogP contribution in [-0.4, -0.2) is 20.8 Å². The first-order chi connectivity index (χ1) is 10.0. The Bertz CT molecular complexity index is 509. The van der Waals surface area contributed by atoms with Crippen molar-refractivity contribution in [1.29, 1.82) is 0 Å². The topological polar surface area (TPSA) is 9.23 Å². The van der Waals surface area contributed by atoms with Crippen molar-refractivity contribution in [2.24, 2.45) is 0 Å². The molecule has 0 aliphatic heterocycles. The van der Waals surface area contributed by atoms with E-state index in [4.69, 9.17) is 16.0 Å². The lowest BCUT2D eigenvalue weighted by atomic mass is 10.2. The molecular weight excluding hydrogens is 296 g/mol. The lowest BCUT2D eigenvalue weighted by molar-refractivity contribution is 0.321. The van der Waals surface area contributed by atoms with E-state index in [-0.39, 0.29) is 5.04 Å². The van der Waals surface area contributed by atoms with Gasteiger partial charge in [-0.25, -0.2) is 0 Å². The van der Waals surface area contributed by atoms with E-state index in [1.54, 1.807) is 0 Å². The highest BCUT2D eigenvalue weighted by molar-refractivity contribution is 6.99. The van der Waals surface area contributed by atoms with Gasteiger partial charge in [0.1, 0.15) is 0 Å². The Morgan fingerprint density at radius 1 is 0.857 bits per heavy atom. The van der Waals surface area contributed by atoms with Crippen LogP contribution in [0.2, 0.25) is 5.04 Å². The molecule has 0 N–H and O–H groups in total. The van der Waals surface area contributed by atoms with Crippen molar-refractivity contribution in [2.45, 2.75) is 25.8 Å². The smallest absolute Gasteiger partial charge is 0.261 e. The predicted molar refractivity (Wildman–Crippen MR) is 94.3 cm³/mol.